The van der Waals surface area contributed by atoms with E-state index < -0.39 is 0 Å². The molecule has 1 unspecified atom stereocenters. The van der Waals surface area contributed by atoms with E-state index in [0.717, 1.165) is 0 Å². The van der Waals surface area contributed by atoms with Crippen LogP contribution in [-0.4, -0.2) is 12.6 Å². The average Bonchev–Trinajstić information content (AvgIpc) is 1.91. The minimum atomic E-state index is -0.372. The zero-order valence-corrected chi connectivity index (χ0v) is 5.25. The van der Waals surface area contributed by atoms with Gasteiger partial charge in [0, 0.05) is 6.54 Å². The van der Waals surface area contributed by atoms with Gasteiger partial charge in [-0.1, -0.05) is 12.2 Å². The first-order chi connectivity index (χ1) is 4.35. The van der Waals surface area contributed by atoms with Crippen LogP contribution in [0.2, 0.25) is 0 Å². The maximum Gasteiger partial charge on any atom is 0.129 e. The summed E-state index contributed by atoms with van der Waals surface area (Å²) in [7, 11) is 0. The van der Waals surface area contributed by atoms with Crippen LogP contribution in [0.1, 0.15) is 0 Å². The number of rotatable bonds is 4. The first-order valence-corrected chi connectivity index (χ1v) is 2.64. The highest BCUT2D eigenvalue weighted by Gasteiger charge is 1.97. The Balaban J connectivity index is 3.46. The van der Waals surface area contributed by atoms with Crippen LogP contribution in [0.3, 0.4) is 0 Å². The molecular formula is C7H9N2. The van der Waals surface area contributed by atoms with Gasteiger partial charge in [0.1, 0.15) is 6.04 Å². The van der Waals surface area contributed by atoms with Crippen LogP contribution in [-0.2, 0) is 0 Å². The summed E-state index contributed by atoms with van der Waals surface area (Å²) in [6.45, 7) is 7.42. The van der Waals surface area contributed by atoms with Crippen molar-refractivity contribution in [2.45, 2.75) is 6.04 Å². The van der Waals surface area contributed by atoms with Gasteiger partial charge in [-0.05, 0) is 0 Å². The van der Waals surface area contributed by atoms with Crippen molar-refractivity contribution in [2.24, 2.45) is 0 Å². The fourth-order valence-electron chi connectivity index (χ4n) is 0.356. The Bertz CT molecular complexity index is 132. The molecule has 0 aromatic rings. The Morgan fingerprint density at radius 2 is 2.33 bits per heavy atom. The third-order valence-electron chi connectivity index (χ3n) is 0.787. The lowest BCUT2D eigenvalue weighted by Crippen LogP contribution is -2.16. The van der Waals surface area contributed by atoms with Gasteiger partial charge in [-0.25, -0.2) is 5.32 Å². The Labute approximate surface area is 55.5 Å². The second-order valence-electron chi connectivity index (χ2n) is 1.46. The van der Waals surface area contributed by atoms with Gasteiger partial charge >= 0.3 is 0 Å². The Morgan fingerprint density at radius 3 is 2.67 bits per heavy atom. The summed E-state index contributed by atoms with van der Waals surface area (Å²) in [5, 5.41) is 12.2. The van der Waals surface area contributed by atoms with E-state index in [1.165, 1.54) is 6.08 Å². The summed E-state index contributed by atoms with van der Waals surface area (Å²) in [5.41, 5.74) is 0. The molecule has 0 fully saturated rings. The minimum Gasteiger partial charge on any atom is -0.215 e. The zero-order valence-electron chi connectivity index (χ0n) is 5.25. The van der Waals surface area contributed by atoms with E-state index in [0.29, 0.717) is 6.54 Å². The third kappa shape index (κ3) is 3.51. The van der Waals surface area contributed by atoms with Gasteiger partial charge in [-0.3, -0.25) is 0 Å². The molecule has 2 heteroatoms. The largest absolute Gasteiger partial charge is 0.215 e. The summed E-state index contributed by atoms with van der Waals surface area (Å²) in [5.74, 6) is 0. The molecule has 0 amide bonds. The lowest BCUT2D eigenvalue weighted by atomic mass is 10.3. The van der Waals surface area contributed by atoms with Gasteiger partial charge in [-0.15, -0.1) is 13.2 Å². The van der Waals surface area contributed by atoms with E-state index in [4.69, 9.17) is 5.26 Å². The summed E-state index contributed by atoms with van der Waals surface area (Å²) in [6, 6.07) is 1.58. The van der Waals surface area contributed by atoms with Crippen LogP contribution in [0.15, 0.2) is 25.3 Å². The standard InChI is InChI=1S/C7H9N2/c1-3-5-9-7(4-2)6-8/h3-4,7H,1-2,5H2. The van der Waals surface area contributed by atoms with Crippen LogP contribution in [0, 0.1) is 11.3 Å². The highest BCUT2D eigenvalue weighted by molar-refractivity contribution is 5.02. The van der Waals surface area contributed by atoms with Gasteiger partial charge in [0.15, 0.2) is 0 Å². The summed E-state index contributed by atoms with van der Waals surface area (Å²) >= 11 is 0. The van der Waals surface area contributed by atoms with Crippen LogP contribution >= 0.6 is 0 Å². The molecule has 0 heterocycles. The van der Waals surface area contributed by atoms with Crippen molar-refractivity contribution in [3.8, 4) is 6.07 Å². The Hall–Kier alpha value is -1.07. The second-order valence-corrected chi connectivity index (χ2v) is 1.46. The Morgan fingerprint density at radius 1 is 1.67 bits per heavy atom. The fraction of sp³-hybridized carbons (Fsp3) is 0.286. The molecule has 0 saturated heterocycles. The number of hydrogen-bond donors (Lipinski definition) is 0. The molecule has 0 aliphatic carbocycles. The topological polar surface area (TPSA) is 37.9 Å². The van der Waals surface area contributed by atoms with Crippen LogP contribution in [0.5, 0.6) is 0 Å². The van der Waals surface area contributed by atoms with E-state index in [2.05, 4.69) is 18.5 Å². The van der Waals surface area contributed by atoms with E-state index in [9.17, 15) is 0 Å². The van der Waals surface area contributed by atoms with Gasteiger partial charge in [0.05, 0.1) is 6.07 Å². The molecule has 9 heavy (non-hydrogen) atoms. The molecular weight excluding hydrogens is 112 g/mol. The Kier molecular flexibility index (Phi) is 4.47. The molecule has 0 aromatic carbocycles. The normalized spacial score (nSPS) is 11.4. The molecule has 1 atom stereocenters. The van der Waals surface area contributed by atoms with Gasteiger partial charge in [-0.2, -0.15) is 5.26 Å². The molecule has 0 saturated carbocycles. The van der Waals surface area contributed by atoms with Crippen molar-refractivity contribution in [2.75, 3.05) is 6.54 Å². The van der Waals surface area contributed by atoms with Gasteiger partial charge < -0.3 is 0 Å². The average molecular weight is 121 g/mol. The van der Waals surface area contributed by atoms with Crippen molar-refractivity contribution < 1.29 is 0 Å². The summed E-state index contributed by atoms with van der Waals surface area (Å²) in [4.78, 5) is 0. The molecule has 0 bridgehead atoms. The van der Waals surface area contributed by atoms with E-state index in [1.54, 1.807) is 6.08 Å². The fourth-order valence-corrected chi connectivity index (χ4v) is 0.356. The number of nitriles is 1. The molecule has 0 spiro atoms. The molecule has 0 aromatic heterocycles. The minimum absolute atomic E-state index is 0.372. The van der Waals surface area contributed by atoms with Crippen molar-refractivity contribution in [1.82, 2.24) is 5.32 Å². The smallest absolute Gasteiger partial charge is 0.129 e. The van der Waals surface area contributed by atoms with E-state index in [-0.39, 0.29) is 6.04 Å². The third-order valence-corrected chi connectivity index (χ3v) is 0.787. The lowest BCUT2D eigenvalue weighted by Gasteiger charge is -1.97. The molecule has 0 aliphatic rings. The molecule has 47 valence electrons. The van der Waals surface area contributed by atoms with E-state index >= 15 is 0 Å². The molecule has 0 aliphatic heterocycles. The second kappa shape index (κ2) is 5.07. The lowest BCUT2D eigenvalue weighted by molar-refractivity contribution is 0.732. The molecule has 0 N–H and O–H groups in total. The monoisotopic (exact) mass is 121 g/mol. The number of nitrogens with zero attached hydrogens (tertiary/aromatic N) is 2. The first kappa shape index (κ1) is 7.93. The van der Waals surface area contributed by atoms with Crippen LogP contribution < -0.4 is 5.32 Å². The van der Waals surface area contributed by atoms with Crippen molar-refractivity contribution >= 4 is 0 Å². The zero-order chi connectivity index (χ0) is 7.11. The van der Waals surface area contributed by atoms with Crippen LogP contribution in [0.4, 0.5) is 0 Å². The summed E-state index contributed by atoms with van der Waals surface area (Å²) < 4.78 is 0. The van der Waals surface area contributed by atoms with E-state index in [1.807, 2.05) is 6.07 Å². The quantitative estimate of drug-likeness (QED) is 0.508. The summed E-state index contributed by atoms with van der Waals surface area (Å²) in [6.07, 6.45) is 3.15. The van der Waals surface area contributed by atoms with Crippen molar-refractivity contribution in [1.29, 1.82) is 5.26 Å². The predicted molar refractivity (Wildman–Crippen MR) is 36.8 cm³/mol. The van der Waals surface area contributed by atoms with Crippen molar-refractivity contribution in [3.63, 3.8) is 0 Å². The van der Waals surface area contributed by atoms with Crippen molar-refractivity contribution in [3.05, 3.63) is 25.3 Å². The maximum absolute atomic E-state index is 8.30. The molecule has 0 rings (SSSR count). The number of hydrogen-bond acceptors (Lipinski definition) is 1. The van der Waals surface area contributed by atoms with Gasteiger partial charge in [0.25, 0.3) is 0 Å². The first-order valence-electron chi connectivity index (χ1n) is 2.64. The van der Waals surface area contributed by atoms with Crippen LogP contribution in [0.25, 0.3) is 0 Å². The maximum atomic E-state index is 8.30. The molecule has 2 nitrogen and oxygen atoms in total. The predicted octanol–water partition coefficient (Wildman–Crippen LogP) is 0.855. The van der Waals surface area contributed by atoms with Gasteiger partial charge in [0.2, 0.25) is 0 Å². The highest BCUT2D eigenvalue weighted by Crippen LogP contribution is 1.82. The molecule has 1 radical (unpaired) electrons. The highest BCUT2D eigenvalue weighted by atomic mass is 14.9. The SMILES string of the molecule is C=CC[N]C(C#N)C=C.